The van der Waals surface area contributed by atoms with Crippen LogP contribution in [-0.4, -0.2) is 36.9 Å². The zero-order chi connectivity index (χ0) is 13.7. The lowest BCUT2D eigenvalue weighted by Gasteiger charge is -2.15. The van der Waals surface area contributed by atoms with Crippen molar-refractivity contribution in [1.29, 1.82) is 0 Å². The van der Waals surface area contributed by atoms with E-state index < -0.39 is 0 Å². The van der Waals surface area contributed by atoms with Crippen LogP contribution in [0.5, 0.6) is 0 Å². The monoisotopic (exact) mass is 312 g/mol. The molecule has 0 fully saturated rings. The van der Waals surface area contributed by atoms with E-state index in [0.29, 0.717) is 12.1 Å². The summed E-state index contributed by atoms with van der Waals surface area (Å²) in [5.41, 5.74) is 1.46. The molecule has 0 atom stereocenters. The van der Waals surface area contributed by atoms with Gasteiger partial charge in [0.15, 0.2) is 0 Å². The van der Waals surface area contributed by atoms with Crippen LogP contribution in [0, 0.1) is 6.92 Å². The third-order valence-corrected chi connectivity index (χ3v) is 3.24. The van der Waals surface area contributed by atoms with E-state index >= 15 is 0 Å². The number of amides is 2. The van der Waals surface area contributed by atoms with Crippen molar-refractivity contribution in [2.75, 3.05) is 20.1 Å². The molecule has 1 rings (SSSR count). The second-order valence-corrected chi connectivity index (χ2v) is 4.97. The van der Waals surface area contributed by atoms with Crippen LogP contribution in [0.15, 0.2) is 22.7 Å². The van der Waals surface area contributed by atoms with Gasteiger partial charge in [0.25, 0.3) is 5.91 Å². The quantitative estimate of drug-likeness (QED) is 0.924. The van der Waals surface area contributed by atoms with E-state index in [9.17, 15) is 9.59 Å². The van der Waals surface area contributed by atoms with Crippen LogP contribution in [0.3, 0.4) is 0 Å². The molecule has 0 radical (unpaired) electrons. The van der Waals surface area contributed by atoms with Crippen molar-refractivity contribution < 1.29 is 9.59 Å². The van der Waals surface area contributed by atoms with E-state index in [-0.39, 0.29) is 18.4 Å². The summed E-state index contributed by atoms with van der Waals surface area (Å²) in [4.78, 5) is 25.1. The average Bonchev–Trinajstić information content (AvgIpc) is 2.37. The molecule has 0 saturated carbocycles. The molecule has 98 valence electrons. The highest BCUT2D eigenvalue weighted by Gasteiger charge is 2.12. The molecule has 1 N–H and O–H groups in total. The van der Waals surface area contributed by atoms with Crippen LogP contribution in [0.1, 0.15) is 22.8 Å². The highest BCUT2D eigenvalue weighted by molar-refractivity contribution is 9.10. The summed E-state index contributed by atoms with van der Waals surface area (Å²) < 4.78 is 0.843. The Balaban J connectivity index is 2.66. The topological polar surface area (TPSA) is 49.4 Å². The third kappa shape index (κ3) is 3.84. The summed E-state index contributed by atoms with van der Waals surface area (Å²) in [7, 11) is 1.71. The Morgan fingerprint density at radius 3 is 2.67 bits per heavy atom. The number of nitrogens with one attached hydrogen (secondary N) is 1. The Morgan fingerprint density at radius 2 is 2.06 bits per heavy atom. The summed E-state index contributed by atoms with van der Waals surface area (Å²) in [5, 5.41) is 2.63. The number of likely N-dealkylation sites (N-methyl/N-ethyl adjacent to an activating group) is 1. The summed E-state index contributed by atoms with van der Waals surface area (Å²) in [6.07, 6.45) is 0. The summed E-state index contributed by atoms with van der Waals surface area (Å²) in [5.74, 6) is -0.329. The molecule has 0 aromatic heterocycles. The molecule has 0 aliphatic carbocycles. The first-order valence-electron chi connectivity index (χ1n) is 5.74. The number of nitrogens with zero attached hydrogens (tertiary/aromatic N) is 1. The average molecular weight is 313 g/mol. The number of halogens is 1. The number of hydrogen-bond acceptors (Lipinski definition) is 2. The Labute approximate surface area is 115 Å². The van der Waals surface area contributed by atoms with Gasteiger partial charge in [-0.3, -0.25) is 9.59 Å². The van der Waals surface area contributed by atoms with Crippen LogP contribution in [0.4, 0.5) is 0 Å². The summed E-state index contributed by atoms with van der Waals surface area (Å²) in [6, 6.07) is 5.49. The molecule has 1 aromatic carbocycles. The maximum absolute atomic E-state index is 11.9. The summed E-state index contributed by atoms with van der Waals surface area (Å²) >= 11 is 3.32. The van der Waals surface area contributed by atoms with Crippen LogP contribution in [-0.2, 0) is 4.79 Å². The maximum atomic E-state index is 11.9. The molecule has 0 spiro atoms. The number of carbonyl (C=O) groups is 2. The Kier molecular flexibility index (Phi) is 5.34. The lowest BCUT2D eigenvalue weighted by Crippen LogP contribution is -2.38. The van der Waals surface area contributed by atoms with Crippen molar-refractivity contribution >= 4 is 27.7 Å². The van der Waals surface area contributed by atoms with E-state index in [2.05, 4.69) is 21.2 Å². The summed E-state index contributed by atoms with van der Waals surface area (Å²) in [6.45, 7) is 4.40. The molecule has 5 heteroatoms. The molecular weight excluding hydrogens is 296 g/mol. The Hall–Kier alpha value is -1.36. The van der Waals surface area contributed by atoms with Crippen molar-refractivity contribution in [3.8, 4) is 0 Å². The molecule has 0 aliphatic heterocycles. The minimum Gasteiger partial charge on any atom is -0.345 e. The first-order chi connectivity index (χ1) is 8.45. The van der Waals surface area contributed by atoms with E-state index in [1.807, 2.05) is 26.0 Å². The zero-order valence-corrected chi connectivity index (χ0v) is 12.4. The zero-order valence-electron chi connectivity index (χ0n) is 10.8. The fraction of sp³-hybridized carbons (Fsp3) is 0.385. The number of hydrogen-bond donors (Lipinski definition) is 1. The highest BCUT2D eigenvalue weighted by atomic mass is 79.9. The Bertz CT molecular complexity index is 460. The van der Waals surface area contributed by atoms with Gasteiger partial charge in [-0.25, -0.2) is 0 Å². The number of rotatable bonds is 4. The molecule has 18 heavy (non-hydrogen) atoms. The van der Waals surface area contributed by atoms with Gasteiger partial charge in [0, 0.05) is 23.6 Å². The number of carbonyl (C=O) groups excluding carboxylic acids is 2. The van der Waals surface area contributed by atoms with E-state index in [1.54, 1.807) is 18.0 Å². The van der Waals surface area contributed by atoms with Crippen molar-refractivity contribution in [2.24, 2.45) is 0 Å². The molecular formula is C13H17BrN2O2. The molecule has 0 unspecified atom stereocenters. The fourth-order valence-corrected chi connectivity index (χ4v) is 1.76. The van der Waals surface area contributed by atoms with Gasteiger partial charge in [-0.15, -0.1) is 0 Å². The molecule has 0 bridgehead atoms. The molecule has 2 amide bonds. The van der Waals surface area contributed by atoms with E-state index in [1.165, 1.54) is 0 Å². The van der Waals surface area contributed by atoms with Gasteiger partial charge < -0.3 is 10.2 Å². The molecule has 0 aliphatic rings. The van der Waals surface area contributed by atoms with Gasteiger partial charge in [0.05, 0.1) is 6.54 Å². The highest BCUT2D eigenvalue weighted by Crippen LogP contribution is 2.15. The predicted octanol–water partition coefficient (Wildman–Crippen LogP) is 1.97. The van der Waals surface area contributed by atoms with E-state index in [4.69, 9.17) is 0 Å². The van der Waals surface area contributed by atoms with Crippen LogP contribution in [0.25, 0.3) is 0 Å². The number of benzene rings is 1. The largest absolute Gasteiger partial charge is 0.345 e. The van der Waals surface area contributed by atoms with Gasteiger partial charge in [-0.1, -0.05) is 22.0 Å². The minimum absolute atomic E-state index is 0.0229. The van der Waals surface area contributed by atoms with Gasteiger partial charge in [0.1, 0.15) is 0 Å². The van der Waals surface area contributed by atoms with Gasteiger partial charge in [0.2, 0.25) is 5.91 Å². The lowest BCUT2D eigenvalue weighted by atomic mass is 10.1. The van der Waals surface area contributed by atoms with Crippen molar-refractivity contribution in [3.05, 3.63) is 33.8 Å². The smallest absolute Gasteiger partial charge is 0.252 e. The maximum Gasteiger partial charge on any atom is 0.252 e. The minimum atomic E-state index is -0.230. The second kappa shape index (κ2) is 6.54. The Morgan fingerprint density at radius 1 is 1.39 bits per heavy atom. The predicted molar refractivity (Wildman–Crippen MR) is 74.5 cm³/mol. The molecule has 1 aromatic rings. The van der Waals surface area contributed by atoms with Crippen LogP contribution >= 0.6 is 15.9 Å². The molecule has 0 heterocycles. The van der Waals surface area contributed by atoms with Gasteiger partial charge in [-0.05, 0) is 31.5 Å². The fourth-order valence-electron chi connectivity index (χ4n) is 1.40. The SMILES string of the molecule is CCN(C)C(=O)CNC(=O)c1cc(Br)ccc1C. The van der Waals surface area contributed by atoms with Gasteiger partial charge in [-0.2, -0.15) is 0 Å². The van der Waals surface area contributed by atoms with Gasteiger partial charge >= 0.3 is 0 Å². The molecule has 0 saturated heterocycles. The third-order valence-electron chi connectivity index (χ3n) is 2.74. The van der Waals surface area contributed by atoms with Crippen molar-refractivity contribution in [3.63, 3.8) is 0 Å². The normalized spacial score (nSPS) is 10.0. The number of aryl methyl sites for hydroxylation is 1. The molecule has 4 nitrogen and oxygen atoms in total. The first-order valence-corrected chi connectivity index (χ1v) is 6.53. The van der Waals surface area contributed by atoms with Crippen molar-refractivity contribution in [1.82, 2.24) is 10.2 Å². The van der Waals surface area contributed by atoms with Crippen LogP contribution < -0.4 is 5.32 Å². The second-order valence-electron chi connectivity index (χ2n) is 4.05. The van der Waals surface area contributed by atoms with E-state index in [0.717, 1.165) is 10.0 Å². The standard InChI is InChI=1S/C13H17BrN2O2/c1-4-16(3)12(17)8-15-13(18)11-7-10(14)6-5-9(11)2/h5-7H,4,8H2,1-3H3,(H,15,18). The first kappa shape index (κ1) is 14.7. The lowest BCUT2D eigenvalue weighted by molar-refractivity contribution is -0.128. The van der Waals surface area contributed by atoms with Crippen molar-refractivity contribution in [2.45, 2.75) is 13.8 Å². The van der Waals surface area contributed by atoms with Crippen LogP contribution in [0.2, 0.25) is 0 Å².